The van der Waals surface area contributed by atoms with E-state index in [-0.39, 0.29) is 11.9 Å². The molecule has 0 fully saturated rings. The summed E-state index contributed by atoms with van der Waals surface area (Å²) in [7, 11) is 0. The number of fused-ring (bicyclic) bond motifs is 1. The molecule has 0 aliphatic carbocycles. The summed E-state index contributed by atoms with van der Waals surface area (Å²) in [5.41, 5.74) is 8.84. The highest BCUT2D eigenvalue weighted by atomic mass is 32.2. The van der Waals surface area contributed by atoms with E-state index in [1.54, 1.807) is 11.8 Å². The van der Waals surface area contributed by atoms with Gasteiger partial charge in [-0.15, -0.1) is 11.8 Å². The van der Waals surface area contributed by atoms with E-state index in [0.29, 0.717) is 18.2 Å². The Balaban J connectivity index is 1.80. The molecule has 126 valence electrons. The van der Waals surface area contributed by atoms with Gasteiger partial charge >= 0.3 is 0 Å². The number of nitrogens with zero attached hydrogens (tertiary/aromatic N) is 2. The van der Waals surface area contributed by atoms with Crippen molar-refractivity contribution in [3.8, 4) is 0 Å². The van der Waals surface area contributed by atoms with Crippen molar-refractivity contribution >= 4 is 23.3 Å². The lowest BCUT2D eigenvalue weighted by Gasteiger charge is -2.18. The second-order valence-corrected chi connectivity index (χ2v) is 7.31. The summed E-state index contributed by atoms with van der Waals surface area (Å²) >= 11 is 1.58. The van der Waals surface area contributed by atoms with Crippen LogP contribution in [-0.2, 0) is 10.5 Å². The van der Waals surface area contributed by atoms with Crippen molar-refractivity contribution in [1.29, 1.82) is 0 Å². The molecule has 0 bridgehead atoms. The molecule has 3 N–H and O–H groups in total. The van der Waals surface area contributed by atoms with Gasteiger partial charge in [0.15, 0.2) is 0 Å². The van der Waals surface area contributed by atoms with Crippen LogP contribution in [0, 0.1) is 12.8 Å². The fraction of sp³-hybridized carbons (Fsp3) is 0.529. The molecular formula is C17H26N4OS. The molecule has 23 heavy (non-hydrogen) atoms. The van der Waals surface area contributed by atoms with Gasteiger partial charge in [-0.2, -0.15) is 0 Å². The topological polar surface area (TPSA) is 72.4 Å². The monoisotopic (exact) mass is 334 g/mol. The summed E-state index contributed by atoms with van der Waals surface area (Å²) in [6, 6.07) is 4.13. The van der Waals surface area contributed by atoms with Crippen molar-refractivity contribution in [1.82, 2.24) is 14.7 Å². The standard InChI is InChI=1S/C17H26N4OS/c1-12(2)6-14(7-18)20-17(22)11-23-10-15-9-21-8-13(3)4-5-16(21)19-15/h4-5,8-9,12,14H,6-7,10-11,18H2,1-3H3,(H,20,22). The number of nitrogens with one attached hydrogen (secondary N) is 1. The van der Waals surface area contributed by atoms with E-state index < -0.39 is 0 Å². The van der Waals surface area contributed by atoms with Gasteiger partial charge in [0.05, 0.1) is 11.4 Å². The van der Waals surface area contributed by atoms with Crippen molar-refractivity contribution in [2.75, 3.05) is 12.3 Å². The molecule has 1 unspecified atom stereocenters. The number of pyridine rings is 1. The number of imidazole rings is 1. The first kappa shape index (κ1) is 17.8. The first-order valence-corrected chi connectivity index (χ1v) is 9.14. The molecule has 2 heterocycles. The quantitative estimate of drug-likeness (QED) is 0.777. The van der Waals surface area contributed by atoms with Crippen LogP contribution in [0.15, 0.2) is 24.5 Å². The first-order valence-electron chi connectivity index (χ1n) is 7.99. The fourth-order valence-corrected chi connectivity index (χ4v) is 3.24. The normalized spacial score (nSPS) is 12.7. The van der Waals surface area contributed by atoms with Gasteiger partial charge in [-0.25, -0.2) is 4.98 Å². The maximum absolute atomic E-state index is 12.0. The van der Waals surface area contributed by atoms with Crippen LogP contribution in [0.3, 0.4) is 0 Å². The molecule has 0 aliphatic heterocycles. The van der Waals surface area contributed by atoms with E-state index in [2.05, 4.69) is 37.3 Å². The number of nitrogens with two attached hydrogens (primary N) is 1. The average Bonchev–Trinajstić information content (AvgIpc) is 2.87. The first-order chi connectivity index (χ1) is 11.0. The van der Waals surface area contributed by atoms with Crippen LogP contribution in [0.25, 0.3) is 5.65 Å². The molecule has 6 heteroatoms. The van der Waals surface area contributed by atoms with Crippen LogP contribution >= 0.6 is 11.8 Å². The number of thioether (sulfide) groups is 1. The Morgan fingerprint density at radius 2 is 2.17 bits per heavy atom. The molecule has 2 aromatic heterocycles. The summed E-state index contributed by atoms with van der Waals surface area (Å²) in [6.07, 6.45) is 4.99. The third kappa shape index (κ3) is 5.55. The van der Waals surface area contributed by atoms with E-state index in [0.717, 1.165) is 23.5 Å². The molecule has 0 saturated carbocycles. The number of rotatable bonds is 8. The van der Waals surface area contributed by atoms with Crippen molar-refractivity contribution < 1.29 is 4.79 Å². The molecule has 0 spiro atoms. The lowest BCUT2D eigenvalue weighted by Crippen LogP contribution is -2.41. The highest BCUT2D eigenvalue weighted by Crippen LogP contribution is 2.14. The maximum atomic E-state index is 12.0. The van der Waals surface area contributed by atoms with Crippen molar-refractivity contribution in [3.63, 3.8) is 0 Å². The van der Waals surface area contributed by atoms with Crippen molar-refractivity contribution in [2.24, 2.45) is 11.7 Å². The Labute approximate surface area is 142 Å². The van der Waals surface area contributed by atoms with Crippen molar-refractivity contribution in [3.05, 3.63) is 35.8 Å². The number of amides is 1. The molecule has 0 aliphatic rings. The van der Waals surface area contributed by atoms with E-state index in [1.807, 2.05) is 22.7 Å². The zero-order valence-electron chi connectivity index (χ0n) is 14.1. The van der Waals surface area contributed by atoms with Gasteiger partial charge in [-0.3, -0.25) is 4.79 Å². The zero-order valence-corrected chi connectivity index (χ0v) is 14.9. The third-order valence-corrected chi connectivity index (χ3v) is 4.50. The second-order valence-electron chi connectivity index (χ2n) is 6.33. The van der Waals surface area contributed by atoms with Crippen LogP contribution in [0.4, 0.5) is 0 Å². The second kappa shape index (κ2) is 8.36. The van der Waals surface area contributed by atoms with Gasteiger partial charge in [-0.05, 0) is 30.9 Å². The van der Waals surface area contributed by atoms with Gasteiger partial charge in [-0.1, -0.05) is 19.9 Å². The summed E-state index contributed by atoms with van der Waals surface area (Å²) < 4.78 is 2.03. The zero-order chi connectivity index (χ0) is 16.8. The minimum Gasteiger partial charge on any atom is -0.351 e. The van der Waals surface area contributed by atoms with Crippen molar-refractivity contribution in [2.45, 2.75) is 39.0 Å². The molecule has 1 amide bonds. The highest BCUT2D eigenvalue weighted by molar-refractivity contribution is 7.99. The highest BCUT2D eigenvalue weighted by Gasteiger charge is 2.12. The number of hydrogen-bond acceptors (Lipinski definition) is 4. The fourth-order valence-electron chi connectivity index (χ4n) is 2.53. The molecule has 1 atom stereocenters. The van der Waals surface area contributed by atoms with Gasteiger partial charge in [0.2, 0.25) is 5.91 Å². The summed E-state index contributed by atoms with van der Waals surface area (Å²) in [6.45, 7) is 6.81. The molecule has 0 aromatic carbocycles. The van der Waals surface area contributed by atoms with E-state index in [4.69, 9.17) is 5.73 Å². The predicted molar refractivity (Wildman–Crippen MR) is 96.5 cm³/mol. The maximum Gasteiger partial charge on any atom is 0.230 e. The SMILES string of the molecule is Cc1ccc2nc(CSCC(=O)NC(CN)CC(C)C)cn2c1. The van der Waals surface area contributed by atoms with Crippen LogP contribution in [-0.4, -0.2) is 33.6 Å². The largest absolute Gasteiger partial charge is 0.351 e. The Kier molecular flexibility index (Phi) is 6.47. The summed E-state index contributed by atoms with van der Waals surface area (Å²) in [5, 5.41) is 3.01. The number of carbonyl (C=O) groups is 1. The Bertz CT molecular complexity index is 653. The van der Waals surface area contributed by atoms with E-state index in [1.165, 1.54) is 5.56 Å². The van der Waals surface area contributed by atoms with Gasteiger partial charge in [0.1, 0.15) is 5.65 Å². The lowest BCUT2D eigenvalue weighted by atomic mass is 10.0. The number of hydrogen-bond donors (Lipinski definition) is 2. The van der Waals surface area contributed by atoms with Crippen LogP contribution in [0.5, 0.6) is 0 Å². The smallest absolute Gasteiger partial charge is 0.230 e. The average molecular weight is 334 g/mol. The summed E-state index contributed by atoms with van der Waals surface area (Å²) in [5.74, 6) is 1.73. The minimum absolute atomic E-state index is 0.0470. The molecule has 0 saturated heterocycles. The molecule has 0 radical (unpaired) electrons. The van der Waals surface area contributed by atoms with Gasteiger partial charge in [0, 0.05) is 30.7 Å². The number of carbonyl (C=O) groups excluding carboxylic acids is 1. The summed E-state index contributed by atoms with van der Waals surface area (Å²) in [4.78, 5) is 16.5. The predicted octanol–water partition coefficient (Wildman–Crippen LogP) is 2.37. The van der Waals surface area contributed by atoms with E-state index in [9.17, 15) is 4.79 Å². The Hall–Kier alpha value is -1.53. The van der Waals surface area contributed by atoms with E-state index >= 15 is 0 Å². The molecule has 5 nitrogen and oxygen atoms in total. The molecule has 2 aromatic rings. The van der Waals surface area contributed by atoms with Gasteiger partial charge < -0.3 is 15.5 Å². The molecule has 2 rings (SSSR count). The van der Waals surface area contributed by atoms with Crippen LogP contribution < -0.4 is 11.1 Å². The van der Waals surface area contributed by atoms with Gasteiger partial charge in [0.25, 0.3) is 0 Å². The minimum atomic E-state index is 0.0470. The lowest BCUT2D eigenvalue weighted by molar-refractivity contribution is -0.119. The number of aromatic nitrogens is 2. The number of aryl methyl sites for hydroxylation is 1. The van der Waals surface area contributed by atoms with Crippen LogP contribution in [0.1, 0.15) is 31.5 Å². The Morgan fingerprint density at radius 3 is 2.87 bits per heavy atom. The molecular weight excluding hydrogens is 308 g/mol. The third-order valence-electron chi connectivity index (χ3n) is 3.54. The van der Waals surface area contributed by atoms with Crippen LogP contribution in [0.2, 0.25) is 0 Å². The Morgan fingerprint density at radius 1 is 1.39 bits per heavy atom.